The van der Waals surface area contributed by atoms with Gasteiger partial charge in [0, 0.05) is 25.3 Å². The summed E-state index contributed by atoms with van der Waals surface area (Å²) in [7, 11) is 0. The van der Waals surface area contributed by atoms with Crippen LogP contribution in [-0.4, -0.2) is 82.8 Å². The number of nitrogens with one attached hydrogen (secondary N) is 1. The Morgan fingerprint density at radius 1 is 1.44 bits per heavy atom. The first-order chi connectivity index (χ1) is 11.9. The van der Waals surface area contributed by atoms with Gasteiger partial charge in [-0.1, -0.05) is 0 Å². The third-order valence-electron chi connectivity index (χ3n) is 4.48. The molecule has 2 amide bonds. The van der Waals surface area contributed by atoms with E-state index >= 15 is 0 Å². The van der Waals surface area contributed by atoms with E-state index in [9.17, 15) is 14.7 Å². The van der Waals surface area contributed by atoms with Crippen LogP contribution in [0.2, 0.25) is 0 Å². The first kappa shape index (κ1) is 17.8. The number of hydrogen-bond donors (Lipinski definition) is 2. The van der Waals surface area contributed by atoms with Gasteiger partial charge in [0.05, 0.1) is 32.5 Å². The maximum absolute atomic E-state index is 12.5. The summed E-state index contributed by atoms with van der Waals surface area (Å²) in [4.78, 5) is 26.4. The van der Waals surface area contributed by atoms with E-state index in [-0.39, 0.29) is 37.6 Å². The van der Waals surface area contributed by atoms with Gasteiger partial charge in [0.25, 0.3) is 11.8 Å². The summed E-state index contributed by atoms with van der Waals surface area (Å²) in [5, 5.41) is 17.3. The molecule has 9 nitrogen and oxygen atoms in total. The fraction of sp³-hybridized carbons (Fsp3) is 0.688. The molecule has 1 aromatic rings. The average Bonchev–Trinajstić information content (AvgIpc) is 2.79. The summed E-state index contributed by atoms with van der Waals surface area (Å²) in [5.74, 6) is -0.682. The molecule has 1 atom stereocenters. The van der Waals surface area contributed by atoms with E-state index in [1.165, 1.54) is 4.90 Å². The minimum absolute atomic E-state index is 0.00788. The van der Waals surface area contributed by atoms with Gasteiger partial charge in [-0.15, -0.1) is 0 Å². The van der Waals surface area contributed by atoms with Crippen molar-refractivity contribution in [3.05, 3.63) is 17.5 Å². The SMILES string of the molecule is CCn1nc(C(=O)NC2COCCN(C(=O)C3(O)COC3)C2)cc1C. The molecule has 2 aliphatic heterocycles. The van der Waals surface area contributed by atoms with Crippen LogP contribution in [0.1, 0.15) is 23.1 Å². The van der Waals surface area contributed by atoms with E-state index in [1.54, 1.807) is 10.7 Å². The van der Waals surface area contributed by atoms with Crippen LogP contribution in [0.3, 0.4) is 0 Å². The molecule has 0 spiro atoms. The predicted molar refractivity (Wildman–Crippen MR) is 87.1 cm³/mol. The number of aromatic nitrogens is 2. The number of rotatable bonds is 4. The third-order valence-corrected chi connectivity index (χ3v) is 4.48. The van der Waals surface area contributed by atoms with Gasteiger partial charge in [-0.25, -0.2) is 0 Å². The number of carbonyl (C=O) groups excluding carboxylic acids is 2. The van der Waals surface area contributed by atoms with Crippen molar-refractivity contribution < 1.29 is 24.2 Å². The lowest BCUT2D eigenvalue weighted by Gasteiger charge is -2.38. The van der Waals surface area contributed by atoms with Gasteiger partial charge in [0.2, 0.25) is 0 Å². The van der Waals surface area contributed by atoms with Crippen LogP contribution in [-0.2, 0) is 20.8 Å². The van der Waals surface area contributed by atoms with E-state index in [1.807, 2.05) is 13.8 Å². The molecular formula is C16H24N4O5. The maximum atomic E-state index is 12.5. The van der Waals surface area contributed by atoms with E-state index in [0.29, 0.717) is 32.0 Å². The standard InChI is InChI=1S/C16H24N4O5/c1-3-20-11(2)6-13(18-20)14(21)17-12-7-19(4-5-24-8-12)15(22)16(23)9-25-10-16/h6,12,23H,3-5,7-10H2,1-2H3,(H,17,21). The summed E-state index contributed by atoms with van der Waals surface area (Å²) in [5.41, 5.74) is -0.197. The summed E-state index contributed by atoms with van der Waals surface area (Å²) in [6, 6.07) is 1.36. The van der Waals surface area contributed by atoms with Crippen molar-refractivity contribution in [2.75, 3.05) is 39.5 Å². The van der Waals surface area contributed by atoms with Crippen molar-refractivity contribution in [3.8, 4) is 0 Å². The van der Waals surface area contributed by atoms with Gasteiger partial charge in [0.15, 0.2) is 5.60 Å². The van der Waals surface area contributed by atoms with Crippen LogP contribution in [0.25, 0.3) is 0 Å². The van der Waals surface area contributed by atoms with E-state index in [0.717, 1.165) is 5.69 Å². The minimum Gasteiger partial charge on any atom is -0.377 e. The van der Waals surface area contributed by atoms with Crippen LogP contribution >= 0.6 is 0 Å². The van der Waals surface area contributed by atoms with Gasteiger partial charge < -0.3 is 24.8 Å². The minimum atomic E-state index is -1.45. The third kappa shape index (κ3) is 3.68. The molecule has 0 saturated carbocycles. The lowest BCUT2D eigenvalue weighted by Crippen LogP contribution is -2.62. The van der Waals surface area contributed by atoms with Gasteiger partial charge in [0.1, 0.15) is 5.69 Å². The fourth-order valence-electron chi connectivity index (χ4n) is 3.00. The van der Waals surface area contributed by atoms with Crippen molar-refractivity contribution in [2.45, 2.75) is 32.0 Å². The molecule has 2 fully saturated rings. The number of amides is 2. The molecule has 2 N–H and O–H groups in total. The Balaban J connectivity index is 1.64. The van der Waals surface area contributed by atoms with Gasteiger partial charge in [-0.2, -0.15) is 5.10 Å². The molecule has 3 rings (SSSR count). The second-order valence-electron chi connectivity index (χ2n) is 6.51. The van der Waals surface area contributed by atoms with Crippen LogP contribution < -0.4 is 5.32 Å². The molecule has 0 radical (unpaired) electrons. The van der Waals surface area contributed by atoms with E-state index in [2.05, 4.69) is 10.4 Å². The molecule has 1 unspecified atom stereocenters. The molecule has 0 aromatic carbocycles. The van der Waals surface area contributed by atoms with Gasteiger partial charge in [-0.05, 0) is 19.9 Å². The second kappa shape index (κ2) is 7.11. The highest BCUT2D eigenvalue weighted by atomic mass is 16.5. The Labute approximate surface area is 145 Å². The first-order valence-electron chi connectivity index (χ1n) is 8.45. The number of aliphatic hydroxyl groups is 1. The number of ether oxygens (including phenoxy) is 2. The lowest BCUT2D eigenvalue weighted by molar-refractivity contribution is -0.200. The van der Waals surface area contributed by atoms with Crippen molar-refractivity contribution in [1.29, 1.82) is 0 Å². The van der Waals surface area contributed by atoms with Crippen LogP contribution in [0.15, 0.2) is 6.07 Å². The largest absolute Gasteiger partial charge is 0.377 e. The number of aryl methyl sites for hydroxylation is 2. The van der Waals surface area contributed by atoms with Crippen LogP contribution in [0.5, 0.6) is 0 Å². The summed E-state index contributed by atoms with van der Waals surface area (Å²) in [6.07, 6.45) is 0. The summed E-state index contributed by atoms with van der Waals surface area (Å²) < 4.78 is 12.2. The molecule has 3 heterocycles. The molecule has 138 valence electrons. The Morgan fingerprint density at radius 2 is 2.20 bits per heavy atom. The summed E-state index contributed by atoms with van der Waals surface area (Å²) >= 11 is 0. The molecule has 2 aliphatic rings. The number of nitrogens with zero attached hydrogens (tertiary/aromatic N) is 3. The summed E-state index contributed by atoms with van der Waals surface area (Å²) in [6.45, 7) is 5.87. The zero-order chi connectivity index (χ0) is 18.0. The van der Waals surface area contributed by atoms with E-state index < -0.39 is 5.60 Å². The highest BCUT2D eigenvalue weighted by Gasteiger charge is 2.46. The highest BCUT2D eigenvalue weighted by Crippen LogP contribution is 2.20. The Kier molecular flexibility index (Phi) is 5.07. The Bertz CT molecular complexity index is 655. The number of carbonyl (C=O) groups is 2. The molecular weight excluding hydrogens is 328 g/mol. The normalized spacial score (nSPS) is 22.8. The fourth-order valence-corrected chi connectivity index (χ4v) is 3.00. The Morgan fingerprint density at radius 3 is 2.80 bits per heavy atom. The average molecular weight is 352 g/mol. The first-order valence-corrected chi connectivity index (χ1v) is 8.45. The zero-order valence-electron chi connectivity index (χ0n) is 14.5. The monoisotopic (exact) mass is 352 g/mol. The predicted octanol–water partition coefficient (Wildman–Crippen LogP) is -1.07. The van der Waals surface area contributed by atoms with Crippen molar-refractivity contribution in [3.63, 3.8) is 0 Å². The van der Waals surface area contributed by atoms with Crippen molar-refractivity contribution in [2.24, 2.45) is 0 Å². The highest BCUT2D eigenvalue weighted by molar-refractivity contribution is 5.92. The molecule has 0 bridgehead atoms. The maximum Gasteiger partial charge on any atom is 0.272 e. The molecule has 1 aromatic heterocycles. The second-order valence-corrected chi connectivity index (χ2v) is 6.51. The van der Waals surface area contributed by atoms with Crippen molar-refractivity contribution in [1.82, 2.24) is 20.0 Å². The van der Waals surface area contributed by atoms with Crippen LogP contribution in [0.4, 0.5) is 0 Å². The van der Waals surface area contributed by atoms with Crippen LogP contribution in [0, 0.1) is 6.92 Å². The smallest absolute Gasteiger partial charge is 0.272 e. The van der Waals surface area contributed by atoms with Gasteiger partial charge in [-0.3, -0.25) is 14.3 Å². The lowest BCUT2D eigenvalue weighted by atomic mass is 10.0. The van der Waals surface area contributed by atoms with Crippen molar-refractivity contribution >= 4 is 11.8 Å². The topological polar surface area (TPSA) is 106 Å². The number of hydrogen-bond acceptors (Lipinski definition) is 6. The molecule has 25 heavy (non-hydrogen) atoms. The zero-order valence-corrected chi connectivity index (χ0v) is 14.5. The molecule has 2 saturated heterocycles. The Hall–Kier alpha value is -1.97. The van der Waals surface area contributed by atoms with Gasteiger partial charge >= 0.3 is 0 Å². The molecule has 0 aliphatic carbocycles. The quantitative estimate of drug-likeness (QED) is 0.715. The molecule has 9 heteroatoms. The van der Waals surface area contributed by atoms with E-state index in [4.69, 9.17) is 9.47 Å².